The van der Waals surface area contributed by atoms with E-state index in [2.05, 4.69) is 19.2 Å². The molecule has 0 saturated heterocycles. The Morgan fingerprint density at radius 1 is 1.05 bits per heavy atom. The summed E-state index contributed by atoms with van der Waals surface area (Å²) in [6.07, 6.45) is 1.04. The highest BCUT2D eigenvalue weighted by Gasteiger charge is 2.04. The van der Waals surface area contributed by atoms with E-state index in [0.717, 1.165) is 30.0 Å². The molecule has 0 atom stereocenters. The second kappa shape index (κ2) is 7.67. The Labute approximate surface area is 126 Å². The Kier molecular flexibility index (Phi) is 5.61. The molecule has 0 radical (unpaired) electrons. The molecule has 0 aromatic heterocycles. The second-order valence-electron chi connectivity index (χ2n) is 5.50. The van der Waals surface area contributed by atoms with E-state index >= 15 is 0 Å². The van der Waals surface area contributed by atoms with Crippen LogP contribution in [-0.4, -0.2) is 6.61 Å². The predicted molar refractivity (Wildman–Crippen MR) is 85.1 cm³/mol. The van der Waals surface area contributed by atoms with E-state index in [0.29, 0.717) is 12.5 Å². The lowest BCUT2D eigenvalue weighted by atomic mass is 10.1. The summed E-state index contributed by atoms with van der Waals surface area (Å²) in [4.78, 5) is 0. The third-order valence-electron chi connectivity index (χ3n) is 3.25. The number of rotatable bonds is 7. The molecular formula is C18H22FNO. The number of anilines is 1. The summed E-state index contributed by atoms with van der Waals surface area (Å²) in [5, 5.41) is 3.28. The summed E-state index contributed by atoms with van der Waals surface area (Å²) in [5.74, 6) is 1.32. The molecule has 0 aliphatic rings. The predicted octanol–water partition coefficient (Wildman–Crippen LogP) is 4.86. The Morgan fingerprint density at radius 2 is 1.76 bits per heavy atom. The minimum atomic E-state index is -0.224. The number of benzene rings is 2. The molecule has 21 heavy (non-hydrogen) atoms. The molecule has 1 N–H and O–H groups in total. The number of hydrogen-bond acceptors (Lipinski definition) is 2. The molecule has 2 rings (SSSR count). The molecule has 0 heterocycles. The molecule has 2 aromatic rings. The molecule has 3 heteroatoms. The Hall–Kier alpha value is -2.03. The van der Waals surface area contributed by atoms with Crippen LogP contribution in [0.25, 0.3) is 0 Å². The molecule has 0 aliphatic carbocycles. The van der Waals surface area contributed by atoms with E-state index in [1.807, 2.05) is 24.3 Å². The molecule has 0 fully saturated rings. The fourth-order valence-corrected chi connectivity index (χ4v) is 1.96. The van der Waals surface area contributed by atoms with Crippen molar-refractivity contribution in [1.82, 2.24) is 0 Å². The van der Waals surface area contributed by atoms with Gasteiger partial charge in [0.05, 0.1) is 6.61 Å². The first-order valence-electron chi connectivity index (χ1n) is 7.35. The molecule has 0 bridgehead atoms. The molecule has 0 saturated carbocycles. The van der Waals surface area contributed by atoms with Gasteiger partial charge in [0, 0.05) is 17.8 Å². The molecule has 0 spiro atoms. The van der Waals surface area contributed by atoms with Crippen molar-refractivity contribution in [2.24, 2.45) is 5.92 Å². The summed E-state index contributed by atoms with van der Waals surface area (Å²) in [7, 11) is 0. The number of nitrogens with one attached hydrogen (secondary N) is 1. The Balaban J connectivity index is 1.94. The van der Waals surface area contributed by atoms with Gasteiger partial charge in [-0.15, -0.1) is 0 Å². The number of para-hydroxylation sites is 1. The van der Waals surface area contributed by atoms with E-state index in [-0.39, 0.29) is 5.82 Å². The van der Waals surface area contributed by atoms with E-state index in [4.69, 9.17) is 4.74 Å². The van der Waals surface area contributed by atoms with Crippen molar-refractivity contribution in [3.05, 3.63) is 59.9 Å². The van der Waals surface area contributed by atoms with Gasteiger partial charge in [-0.25, -0.2) is 4.39 Å². The van der Waals surface area contributed by atoms with Gasteiger partial charge in [0.1, 0.15) is 11.6 Å². The summed E-state index contributed by atoms with van der Waals surface area (Å²) in [6, 6.07) is 14.4. The van der Waals surface area contributed by atoms with Crippen LogP contribution in [-0.2, 0) is 6.54 Å². The molecule has 2 nitrogen and oxygen atoms in total. The summed E-state index contributed by atoms with van der Waals surface area (Å²) >= 11 is 0. The average molecular weight is 287 g/mol. The van der Waals surface area contributed by atoms with Crippen molar-refractivity contribution >= 4 is 5.69 Å². The minimum Gasteiger partial charge on any atom is -0.493 e. The smallest absolute Gasteiger partial charge is 0.124 e. The normalized spacial score (nSPS) is 10.7. The van der Waals surface area contributed by atoms with Crippen LogP contribution in [0, 0.1) is 11.7 Å². The Bertz CT molecular complexity index is 551. The van der Waals surface area contributed by atoms with Gasteiger partial charge in [-0.2, -0.15) is 0 Å². The topological polar surface area (TPSA) is 21.3 Å². The van der Waals surface area contributed by atoms with Crippen LogP contribution in [0.1, 0.15) is 25.8 Å². The van der Waals surface area contributed by atoms with Gasteiger partial charge in [-0.1, -0.05) is 32.0 Å². The van der Waals surface area contributed by atoms with Crippen LogP contribution in [0.5, 0.6) is 5.75 Å². The van der Waals surface area contributed by atoms with Crippen LogP contribution in [0.15, 0.2) is 48.5 Å². The molecular weight excluding hydrogens is 265 g/mol. The third kappa shape index (κ3) is 5.10. The van der Waals surface area contributed by atoms with Crippen LogP contribution < -0.4 is 10.1 Å². The van der Waals surface area contributed by atoms with Gasteiger partial charge in [-0.05, 0) is 42.7 Å². The molecule has 2 aromatic carbocycles. The van der Waals surface area contributed by atoms with Crippen molar-refractivity contribution in [3.63, 3.8) is 0 Å². The van der Waals surface area contributed by atoms with Gasteiger partial charge in [0.25, 0.3) is 0 Å². The van der Waals surface area contributed by atoms with Crippen LogP contribution >= 0.6 is 0 Å². The largest absolute Gasteiger partial charge is 0.493 e. The maximum Gasteiger partial charge on any atom is 0.124 e. The maximum atomic E-state index is 12.9. The average Bonchev–Trinajstić information content (AvgIpc) is 2.47. The molecule has 0 unspecified atom stereocenters. The first kappa shape index (κ1) is 15.4. The number of halogens is 1. The fraction of sp³-hybridized carbons (Fsp3) is 0.333. The van der Waals surface area contributed by atoms with E-state index in [9.17, 15) is 4.39 Å². The lowest BCUT2D eigenvalue weighted by Crippen LogP contribution is -2.06. The monoisotopic (exact) mass is 287 g/mol. The maximum absolute atomic E-state index is 12.9. The van der Waals surface area contributed by atoms with Crippen molar-refractivity contribution in [2.45, 2.75) is 26.8 Å². The SMILES string of the molecule is CC(C)CCOc1ccccc1CNc1ccc(F)cc1. The summed E-state index contributed by atoms with van der Waals surface area (Å²) in [5.41, 5.74) is 2.00. The highest BCUT2D eigenvalue weighted by atomic mass is 19.1. The van der Waals surface area contributed by atoms with Crippen molar-refractivity contribution in [3.8, 4) is 5.75 Å². The third-order valence-corrected chi connectivity index (χ3v) is 3.25. The second-order valence-corrected chi connectivity index (χ2v) is 5.50. The quantitative estimate of drug-likeness (QED) is 0.785. The lowest BCUT2D eigenvalue weighted by Gasteiger charge is -2.13. The minimum absolute atomic E-state index is 0.224. The Morgan fingerprint density at radius 3 is 2.48 bits per heavy atom. The van der Waals surface area contributed by atoms with Crippen molar-refractivity contribution in [1.29, 1.82) is 0 Å². The molecule has 112 valence electrons. The number of ether oxygens (including phenoxy) is 1. The lowest BCUT2D eigenvalue weighted by molar-refractivity contribution is 0.287. The van der Waals surface area contributed by atoms with E-state index in [1.54, 1.807) is 12.1 Å². The van der Waals surface area contributed by atoms with E-state index < -0.39 is 0 Å². The first-order valence-corrected chi connectivity index (χ1v) is 7.35. The van der Waals surface area contributed by atoms with Crippen LogP contribution in [0.4, 0.5) is 10.1 Å². The zero-order chi connectivity index (χ0) is 15.1. The van der Waals surface area contributed by atoms with Crippen molar-refractivity contribution in [2.75, 3.05) is 11.9 Å². The molecule has 0 amide bonds. The first-order chi connectivity index (χ1) is 10.1. The van der Waals surface area contributed by atoms with Crippen molar-refractivity contribution < 1.29 is 9.13 Å². The zero-order valence-electron chi connectivity index (χ0n) is 12.6. The highest BCUT2D eigenvalue weighted by molar-refractivity contribution is 5.45. The van der Waals surface area contributed by atoms with Gasteiger partial charge >= 0.3 is 0 Å². The summed E-state index contributed by atoms with van der Waals surface area (Å²) in [6.45, 7) is 5.76. The standard InChI is InChI=1S/C18H22FNO/c1-14(2)11-12-21-18-6-4-3-5-15(18)13-20-17-9-7-16(19)8-10-17/h3-10,14,20H,11-13H2,1-2H3. The number of hydrogen-bond donors (Lipinski definition) is 1. The van der Waals surface area contributed by atoms with Gasteiger partial charge < -0.3 is 10.1 Å². The fourth-order valence-electron chi connectivity index (χ4n) is 1.96. The van der Waals surface area contributed by atoms with Crippen LogP contribution in [0.3, 0.4) is 0 Å². The summed E-state index contributed by atoms with van der Waals surface area (Å²) < 4.78 is 18.7. The van der Waals surface area contributed by atoms with Gasteiger partial charge in [0.2, 0.25) is 0 Å². The highest BCUT2D eigenvalue weighted by Crippen LogP contribution is 2.20. The molecule has 0 aliphatic heterocycles. The van der Waals surface area contributed by atoms with Crippen LogP contribution in [0.2, 0.25) is 0 Å². The van der Waals surface area contributed by atoms with Gasteiger partial charge in [0.15, 0.2) is 0 Å². The van der Waals surface area contributed by atoms with Gasteiger partial charge in [-0.3, -0.25) is 0 Å². The van der Waals surface area contributed by atoms with E-state index in [1.165, 1.54) is 12.1 Å². The zero-order valence-corrected chi connectivity index (χ0v) is 12.6.